The molecule has 0 spiro atoms. The highest BCUT2D eigenvalue weighted by molar-refractivity contribution is 6.03. The van der Waals surface area contributed by atoms with Crippen LogP contribution in [0.5, 0.6) is 0 Å². The first-order chi connectivity index (χ1) is 13.2. The van der Waals surface area contributed by atoms with Gasteiger partial charge < -0.3 is 10.2 Å². The summed E-state index contributed by atoms with van der Waals surface area (Å²) in [6.45, 7) is 1.02. The summed E-state index contributed by atoms with van der Waals surface area (Å²) >= 11 is 0. The summed E-state index contributed by atoms with van der Waals surface area (Å²) in [5.41, 5.74) is 2.60. The first-order valence-electron chi connectivity index (χ1n) is 8.77. The lowest BCUT2D eigenvalue weighted by Gasteiger charge is -2.16. The van der Waals surface area contributed by atoms with Crippen LogP contribution in [-0.4, -0.2) is 33.1 Å². The van der Waals surface area contributed by atoms with Gasteiger partial charge in [0.05, 0.1) is 12.5 Å². The first-order valence-corrected chi connectivity index (χ1v) is 8.77. The van der Waals surface area contributed by atoms with Crippen molar-refractivity contribution in [2.24, 2.45) is 5.92 Å². The van der Waals surface area contributed by atoms with E-state index in [1.54, 1.807) is 15.9 Å². The molecule has 2 heterocycles. The molecule has 0 radical (unpaired) electrons. The zero-order valence-corrected chi connectivity index (χ0v) is 14.7. The van der Waals surface area contributed by atoms with Crippen LogP contribution in [0.25, 0.3) is 0 Å². The molecule has 7 heteroatoms. The zero-order valence-electron chi connectivity index (χ0n) is 14.7. The molecule has 3 aromatic rings. The van der Waals surface area contributed by atoms with E-state index >= 15 is 0 Å². The Morgan fingerprint density at radius 2 is 1.89 bits per heavy atom. The van der Waals surface area contributed by atoms with Crippen molar-refractivity contribution in [3.05, 3.63) is 72.8 Å². The third-order valence-corrected chi connectivity index (χ3v) is 4.60. The number of amides is 2. The van der Waals surface area contributed by atoms with Crippen LogP contribution in [0.3, 0.4) is 0 Å². The van der Waals surface area contributed by atoms with Gasteiger partial charge in [-0.05, 0) is 29.8 Å². The Labute approximate surface area is 156 Å². The number of nitrogens with zero attached hydrogens (tertiary/aromatic N) is 4. The van der Waals surface area contributed by atoms with Gasteiger partial charge in [0.25, 0.3) is 0 Å². The van der Waals surface area contributed by atoms with Gasteiger partial charge >= 0.3 is 0 Å². The highest BCUT2D eigenvalue weighted by atomic mass is 16.2. The van der Waals surface area contributed by atoms with Crippen molar-refractivity contribution in [1.29, 1.82) is 0 Å². The fraction of sp³-hybridized carbons (Fsp3) is 0.200. The number of anilines is 2. The molecule has 7 nitrogen and oxygen atoms in total. The minimum Gasteiger partial charge on any atom is -0.326 e. The number of hydrogen-bond acceptors (Lipinski definition) is 4. The molecule has 1 saturated heterocycles. The van der Waals surface area contributed by atoms with E-state index in [9.17, 15) is 9.59 Å². The molecule has 2 aromatic carbocycles. The maximum absolute atomic E-state index is 12.6. The molecule has 1 fully saturated rings. The number of rotatable bonds is 5. The molecule has 1 unspecified atom stereocenters. The first kappa shape index (κ1) is 17.0. The molecule has 4 rings (SSSR count). The van der Waals surface area contributed by atoms with Crippen LogP contribution in [-0.2, 0) is 16.1 Å². The van der Waals surface area contributed by atoms with Gasteiger partial charge in [-0.2, -0.15) is 5.10 Å². The highest BCUT2D eigenvalue weighted by Crippen LogP contribution is 2.25. The molecule has 0 aliphatic carbocycles. The predicted octanol–water partition coefficient (Wildman–Crippen LogP) is 2.32. The number of hydrogen-bond donors (Lipinski definition) is 1. The monoisotopic (exact) mass is 361 g/mol. The molecule has 0 bridgehead atoms. The molecule has 27 heavy (non-hydrogen) atoms. The van der Waals surface area contributed by atoms with Crippen LogP contribution in [0.1, 0.15) is 12.0 Å². The Kier molecular flexibility index (Phi) is 4.65. The molecule has 1 aromatic heterocycles. The van der Waals surface area contributed by atoms with E-state index in [0.29, 0.717) is 18.8 Å². The normalized spacial score (nSPS) is 16.5. The molecule has 1 aliphatic heterocycles. The molecule has 1 aliphatic rings. The van der Waals surface area contributed by atoms with Crippen molar-refractivity contribution < 1.29 is 9.59 Å². The smallest absolute Gasteiger partial charge is 0.229 e. The Morgan fingerprint density at radius 1 is 1.11 bits per heavy atom. The minimum absolute atomic E-state index is 0.0236. The summed E-state index contributed by atoms with van der Waals surface area (Å²) in [4.78, 5) is 30.4. The summed E-state index contributed by atoms with van der Waals surface area (Å²) in [5, 5.41) is 6.98. The largest absolute Gasteiger partial charge is 0.326 e. The molecular weight excluding hydrogens is 342 g/mol. The number of para-hydroxylation sites is 1. The Bertz CT molecular complexity index is 923. The fourth-order valence-corrected chi connectivity index (χ4v) is 3.18. The van der Waals surface area contributed by atoms with Gasteiger partial charge in [-0.1, -0.05) is 30.3 Å². The summed E-state index contributed by atoms with van der Waals surface area (Å²) in [5.74, 6) is -0.511. The van der Waals surface area contributed by atoms with Crippen LogP contribution in [0.15, 0.2) is 67.3 Å². The van der Waals surface area contributed by atoms with Gasteiger partial charge in [-0.25, -0.2) is 9.67 Å². The molecule has 1 atom stereocenters. The van der Waals surface area contributed by atoms with Crippen molar-refractivity contribution in [2.45, 2.75) is 13.0 Å². The summed E-state index contributed by atoms with van der Waals surface area (Å²) < 4.78 is 1.73. The average molecular weight is 361 g/mol. The van der Waals surface area contributed by atoms with E-state index in [0.717, 1.165) is 11.3 Å². The van der Waals surface area contributed by atoms with E-state index in [2.05, 4.69) is 15.4 Å². The van der Waals surface area contributed by atoms with Gasteiger partial charge in [0.1, 0.15) is 12.7 Å². The zero-order chi connectivity index (χ0) is 18.6. The third kappa shape index (κ3) is 3.87. The second-order valence-electron chi connectivity index (χ2n) is 6.52. The second kappa shape index (κ2) is 7.41. The Balaban J connectivity index is 1.37. The lowest BCUT2D eigenvalue weighted by Crippen LogP contribution is -2.28. The number of carbonyl (C=O) groups is 2. The second-order valence-corrected chi connectivity index (χ2v) is 6.52. The number of carbonyl (C=O) groups excluding carboxylic acids is 2. The SMILES string of the molecule is O=C(Nc1ccc(Cn2cncn2)cc1)C1CC(=O)N(c2ccccc2)C1. The average Bonchev–Trinajstić information content (AvgIpc) is 3.34. The van der Waals surface area contributed by atoms with Crippen LogP contribution in [0, 0.1) is 5.92 Å². The van der Waals surface area contributed by atoms with Gasteiger partial charge in [0.15, 0.2) is 0 Å². The predicted molar refractivity (Wildman–Crippen MR) is 101 cm³/mol. The molecular formula is C20H19N5O2. The number of nitrogens with one attached hydrogen (secondary N) is 1. The quantitative estimate of drug-likeness (QED) is 0.756. The summed E-state index contributed by atoms with van der Waals surface area (Å²) in [6, 6.07) is 17.0. The lowest BCUT2D eigenvalue weighted by atomic mass is 10.1. The van der Waals surface area contributed by atoms with E-state index in [-0.39, 0.29) is 24.2 Å². The van der Waals surface area contributed by atoms with Crippen LogP contribution >= 0.6 is 0 Å². The number of benzene rings is 2. The van der Waals surface area contributed by atoms with Crippen molar-refractivity contribution in [3.8, 4) is 0 Å². The topological polar surface area (TPSA) is 80.1 Å². The summed E-state index contributed by atoms with van der Waals surface area (Å²) in [7, 11) is 0. The van der Waals surface area contributed by atoms with Crippen LogP contribution in [0.2, 0.25) is 0 Å². The van der Waals surface area contributed by atoms with Crippen LogP contribution in [0.4, 0.5) is 11.4 Å². The maximum Gasteiger partial charge on any atom is 0.229 e. The van der Waals surface area contributed by atoms with E-state index in [1.807, 2.05) is 54.6 Å². The Hall–Kier alpha value is -3.48. The van der Waals surface area contributed by atoms with E-state index < -0.39 is 0 Å². The molecule has 2 amide bonds. The van der Waals surface area contributed by atoms with Gasteiger partial charge in [-0.15, -0.1) is 0 Å². The minimum atomic E-state index is -0.354. The van der Waals surface area contributed by atoms with Gasteiger partial charge in [-0.3, -0.25) is 9.59 Å². The molecule has 0 saturated carbocycles. The fourth-order valence-electron chi connectivity index (χ4n) is 3.18. The van der Waals surface area contributed by atoms with E-state index in [4.69, 9.17) is 0 Å². The van der Waals surface area contributed by atoms with Crippen molar-refractivity contribution >= 4 is 23.2 Å². The number of aromatic nitrogens is 3. The van der Waals surface area contributed by atoms with Crippen LogP contribution < -0.4 is 10.2 Å². The molecule has 1 N–H and O–H groups in total. The highest BCUT2D eigenvalue weighted by Gasteiger charge is 2.35. The summed E-state index contributed by atoms with van der Waals surface area (Å²) in [6.07, 6.45) is 3.38. The van der Waals surface area contributed by atoms with Crippen molar-refractivity contribution in [1.82, 2.24) is 14.8 Å². The third-order valence-electron chi connectivity index (χ3n) is 4.60. The van der Waals surface area contributed by atoms with Crippen molar-refractivity contribution in [2.75, 3.05) is 16.8 Å². The maximum atomic E-state index is 12.6. The van der Waals surface area contributed by atoms with Gasteiger partial charge in [0.2, 0.25) is 11.8 Å². The standard InChI is InChI=1S/C20H19N5O2/c26-19-10-16(12-25(19)18-4-2-1-3-5-18)20(27)23-17-8-6-15(7-9-17)11-24-14-21-13-22-24/h1-9,13-14,16H,10-12H2,(H,23,27). The van der Waals surface area contributed by atoms with Gasteiger partial charge in [0, 0.05) is 24.3 Å². The lowest BCUT2D eigenvalue weighted by molar-refractivity contribution is -0.122. The van der Waals surface area contributed by atoms with E-state index in [1.165, 1.54) is 6.33 Å². The molecule has 136 valence electrons. The Morgan fingerprint density at radius 3 is 2.59 bits per heavy atom. The van der Waals surface area contributed by atoms with Crippen molar-refractivity contribution in [3.63, 3.8) is 0 Å².